The van der Waals surface area contributed by atoms with E-state index >= 15 is 0 Å². The number of rotatable bonds is 9. The maximum absolute atomic E-state index is 10.9. The van der Waals surface area contributed by atoms with E-state index in [0.717, 1.165) is 25.7 Å². The summed E-state index contributed by atoms with van der Waals surface area (Å²) < 4.78 is 31.0. The zero-order valence-electron chi connectivity index (χ0n) is 10.6. The van der Waals surface area contributed by atoms with Crippen LogP contribution >= 0.6 is 0 Å². The van der Waals surface area contributed by atoms with E-state index in [4.69, 9.17) is 10.2 Å². The minimum absolute atomic E-state index is 0.125. The summed E-state index contributed by atoms with van der Waals surface area (Å²) in [6.07, 6.45) is 3.28. The highest BCUT2D eigenvalue weighted by molar-refractivity contribution is 7.81. The first-order valence-electron chi connectivity index (χ1n) is 5.79. The van der Waals surface area contributed by atoms with E-state index in [1.165, 1.54) is 0 Å². The molecular formula is C10H24O6S. The van der Waals surface area contributed by atoms with Crippen LogP contribution < -0.4 is 0 Å². The third-order valence-corrected chi connectivity index (χ3v) is 2.46. The Balaban J connectivity index is 0. The van der Waals surface area contributed by atoms with Gasteiger partial charge in [-0.3, -0.25) is 0 Å². The van der Waals surface area contributed by atoms with Crippen molar-refractivity contribution in [2.24, 2.45) is 0 Å². The first-order chi connectivity index (χ1) is 8.04. The molecule has 7 heteroatoms. The molecule has 0 aromatic carbocycles. The first kappa shape index (κ1) is 19.1. The zero-order chi connectivity index (χ0) is 13.6. The van der Waals surface area contributed by atoms with Crippen molar-refractivity contribution in [1.29, 1.82) is 0 Å². The normalized spacial score (nSPS) is 10.8. The number of hydrogen-bond acceptors (Lipinski definition) is 6. The van der Waals surface area contributed by atoms with Gasteiger partial charge in [0.25, 0.3) is 0 Å². The van der Waals surface area contributed by atoms with E-state index in [-0.39, 0.29) is 26.4 Å². The number of aliphatic hydroxyl groups excluding tert-OH is 2. The lowest BCUT2D eigenvalue weighted by Gasteiger charge is -2.04. The van der Waals surface area contributed by atoms with Crippen LogP contribution in [0.25, 0.3) is 0 Å². The third kappa shape index (κ3) is 18.4. The van der Waals surface area contributed by atoms with Gasteiger partial charge in [-0.25, -0.2) is 8.37 Å². The molecule has 0 heterocycles. The molecule has 0 aromatic heterocycles. The predicted molar refractivity (Wildman–Crippen MR) is 64.8 cm³/mol. The lowest BCUT2D eigenvalue weighted by atomic mass is 10.4. The highest BCUT2D eigenvalue weighted by Gasteiger charge is 2.10. The number of aliphatic hydroxyl groups is 2. The zero-order valence-corrected chi connectivity index (χ0v) is 11.4. The van der Waals surface area contributed by atoms with Crippen LogP contribution in [-0.4, -0.2) is 45.1 Å². The summed E-state index contributed by atoms with van der Waals surface area (Å²) >= 11 is 0. The fraction of sp³-hybridized carbons (Fsp3) is 1.00. The van der Waals surface area contributed by atoms with Gasteiger partial charge < -0.3 is 10.2 Å². The van der Waals surface area contributed by atoms with Crippen molar-refractivity contribution in [2.45, 2.75) is 39.5 Å². The summed E-state index contributed by atoms with van der Waals surface area (Å²) in [7, 11) is -3.73. The standard InChI is InChI=1S/C8H18O4S.C2H6O2/c1-3-5-7-11-13(9,10)12-8-6-4-2;3-1-2-4/h3-8H2,1-2H3;3-4H,1-2H2. The van der Waals surface area contributed by atoms with Gasteiger partial charge in [-0.05, 0) is 12.8 Å². The van der Waals surface area contributed by atoms with Crippen molar-refractivity contribution in [2.75, 3.05) is 26.4 Å². The fourth-order valence-corrected chi connectivity index (χ4v) is 1.36. The molecule has 0 aliphatic carbocycles. The van der Waals surface area contributed by atoms with Gasteiger partial charge in [0, 0.05) is 0 Å². The van der Waals surface area contributed by atoms with Gasteiger partial charge >= 0.3 is 10.4 Å². The maximum Gasteiger partial charge on any atom is 0.399 e. The Morgan fingerprint density at radius 3 is 1.47 bits per heavy atom. The van der Waals surface area contributed by atoms with Crippen LogP contribution in [0.1, 0.15) is 39.5 Å². The number of unbranched alkanes of at least 4 members (excludes halogenated alkanes) is 2. The number of hydrogen-bond donors (Lipinski definition) is 2. The van der Waals surface area contributed by atoms with Crippen molar-refractivity contribution < 1.29 is 27.0 Å². The Labute approximate surface area is 104 Å². The molecule has 0 bridgehead atoms. The molecular weight excluding hydrogens is 248 g/mol. The Kier molecular flexibility index (Phi) is 15.6. The van der Waals surface area contributed by atoms with Gasteiger partial charge in [0.2, 0.25) is 0 Å². The average Bonchev–Trinajstić information content (AvgIpc) is 2.30. The molecule has 0 rings (SSSR count). The molecule has 2 N–H and O–H groups in total. The smallest absolute Gasteiger partial charge is 0.394 e. The minimum Gasteiger partial charge on any atom is -0.394 e. The summed E-state index contributed by atoms with van der Waals surface area (Å²) in [4.78, 5) is 0. The fourth-order valence-electron chi connectivity index (χ4n) is 0.645. The molecule has 0 aliphatic heterocycles. The van der Waals surface area contributed by atoms with Crippen molar-refractivity contribution in [3.63, 3.8) is 0 Å². The molecule has 0 fully saturated rings. The quantitative estimate of drug-likeness (QED) is 0.604. The van der Waals surface area contributed by atoms with Gasteiger partial charge in [-0.1, -0.05) is 26.7 Å². The second-order valence-corrected chi connectivity index (χ2v) is 4.49. The predicted octanol–water partition coefficient (Wildman–Crippen LogP) is 0.836. The van der Waals surface area contributed by atoms with Crippen LogP contribution in [0.3, 0.4) is 0 Å². The summed E-state index contributed by atoms with van der Waals surface area (Å²) in [6.45, 7) is 4.11. The lowest BCUT2D eigenvalue weighted by molar-refractivity contribution is 0.186. The Morgan fingerprint density at radius 2 is 1.24 bits per heavy atom. The van der Waals surface area contributed by atoms with Crippen LogP contribution in [0.4, 0.5) is 0 Å². The second kappa shape index (κ2) is 13.9. The van der Waals surface area contributed by atoms with Crippen molar-refractivity contribution >= 4 is 10.4 Å². The molecule has 0 radical (unpaired) electrons. The maximum atomic E-state index is 10.9. The van der Waals surface area contributed by atoms with Crippen LogP contribution in [0, 0.1) is 0 Å². The second-order valence-electron chi connectivity index (χ2n) is 3.21. The van der Waals surface area contributed by atoms with Gasteiger partial charge in [0.15, 0.2) is 0 Å². The SMILES string of the molecule is CCCCOS(=O)(=O)OCCCC.OCCO. The van der Waals surface area contributed by atoms with Gasteiger partial charge in [0.05, 0.1) is 26.4 Å². The summed E-state index contributed by atoms with van der Waals surface area (Å²) in [5.41, 5.74) is 0. The van der Waals surface area contributed by atoms with Gasteiger partial charge in [-0.15, -0.1) is 0 Å². The highest BCUT2D eigenvalue weighted by Crippen LogP contribution is 2.00. The van der Waals surface area contributed by atoms with Crippen molar-refractivity contribution in [1.82, 2.24) is 0 Å². The van der Waals surface area contributed by atoms with E-state index < -0.39 is 10.4 Å². The molecule has 0 unspecified atom stereocenters. The van der Waals surface area contributed by atoms with Crippen LogP contribution in [0.2, 0.25) is 0 Å². The molecule has 0 spiro atoms. The Bertz CT molecular complexity index is 209. The molecule has 0 saturated carbocycles. The summed E-state index contributed by atoms with van der Waals surface area (Å²) in [5, 5.41) is 15.2. The van der Waals surface area contributed by atoms with Crippen LogP contribution in [0.5, 0.6) is 0 Å². The third-order valence-electron chi connectivity index (χ3n) is 1.55. The van der Waals surface area contributed by atoms with E-state index in [0.29, 0.717) is 0 Å². The van der Waals surface area contributed by atoms with E-state index in [9.17, 15) is 8.42 Å². The Morgan fingerprint density at radius 1 is 0.882 bits per heavy atom. The summed E-state index contributed by atoms with van der Waals surface area (Å²) in [6, 6.07) is 0. The molecule has 0 atom stereocenters. The van der Waals surface area contributed by atoms with Gasteiger partial charge in [0.1, 0.15) is 0 Å². The molecule has 0 aromatic rings. The minimum atomic E-state index is -3.73. The van der Waals surface area contributed by atoms with Crippen LogP contribution in [0.15, 0.2) is 0 Å². The van der Waals surface area contributed by atoms with Crippen molar-refractivity contribution in [3.8, 4) is 0 Å². The molecule has 17 heavy (non-hydrogen) atoms. The largest absolute Gasteiger partial charge is 0.399 e. The van der Waals surface area contributed by atoms with E-state index in [1.54, 1.807) is 0 Å². The molecule has 0 aliphatic rings. The molecule has 0 amide bonds. The highest BCUT2D eigenvalue weighted by atomic mass is 32.3. The summed E-state index contributed by atoms with van der Waals surface area (Å²) in [5.74, 6) is 0. The lowest BCUT2D eigenvalue weighted by Crippen LogP contribution is -2.11. The van der Waals surface area contributed by atoms with Crippen molar-refractivity contribution in [3.05, 3.63) is 0 Å². The van der Waals surface area contributed by atoms with Crippen LogP contribution in [-0.2, 0) is 18.8 Å². The van der Waals surface area contributed by atoms with E-state index in [1.807, 2.05) is 13.8 Å². The Hall–Kier alpha value is -0.210. The average molecular weight is 272 g/mol. The topological polar surface area (TPSA) is 93.1 Å². The molecule has 106 valence electrons. The monoisotopic (exact) mass is 272 g/mol. The van der Waals surface area contributed by atoms with E-state index in [2.05, 4.69) is 8.37 Å². The molecule has 0 saturated heterocycles. The first-order valence-corrected chi connectivity index (χ1v) is 7.12. The van der Waals surface area contributed by atoms with Gasteiger partial charge in [-0.2, -0.15) is 8.42 Å². The molecule has 6 nitrogen and oxygen atoms in total.